The first kappa shape index (κ1) is 28.5. The number of likely N-dealkylation sites (tertiary alicyclic amines) is 1. The minimum atomic E-state index is 0.0600. The minimum absolute atomic E-state index is 0.0600. The predicted molar refractivity (Wildman–Crippen MR) is 134 cm³/mol. The van der Waals surface area contributed by atoms with Crippen LogP contribution < -0.4 is 0 Å². The van der Waals surface area contributed by atoms with Crippen molar-refractivity contribution in [2.24, 2.45) is 11.8 Å². The van der Waals surface area contributed by atoms with Gasteiger partial charge in [0.15, 0.2) is 0 Å². The fraction of sp³-hybridized carbons (Fsp3) is 0.964. The maximum atomic E-state index is 12.6. The van der Waals surface area contributed by atoms with Crippen molar-refractivity contribution in [3.63, 3.8) is 0 Å². The molecule has 31 heavy (non-hydrogen) atoms. The summed E-state index contributed by atoms with van der Waals surface area (Å²) in [5.74, 6) is 1.48. The van der Waals surface area contributed by atoms with Gasteiger partial charge in [0.1, 0.15) is 6.10 Å². The van der Waals surface area contributed by atoms with Crippen LogP contribution in [0.25, 0.3) is 0 Å². The van der Waals surface area contributed by atoms with Crippen molar-refractivity contribution in [3.8, 4) is 0 Å². The van der Waals surface area contributed by atoms with E-state index >= 15 is 0 Å². The molecule has 1 heterocycles. The summed E-state index contributed by atoms with van der Waals surface area (Å²) in [5.41, 5.74) is 0. The van der Waals surface area contributed by atoms with Crippen LogP contribution in [0, 0.1) is 11.8 Å². The third kappa shape index (κ3) is 15.0. The fourth-order valence-electron chi connectivity index (χ4n) is 5.38. The van der Waals surface area contributed by atoms with Crippen LogP contribution in [0.5, 0.6) is 0 Å². The van der Waals surface area contributed by atoms with Gasteiger partial charge in [-0.2, -0.15) is 0 Å². The number of hydrogen-bond acceptors (Lipinski definition) is 3. The van der Waals surface area contributed by atoms with Crippen molar-refractivity contribution in [1.82, 2.24) is 4.90 Å². The van der Waals surface area contributed by atoms with Crippen LogP contribution in [0.3, 0.4) is 0 Å². The Balaban J connectivity index is 2.35. The first-order valence-corrected chi connectivity index (χ1v) is 14.0. The van der Waals surface area contributed by atoms with E-state index in [4.69, 9.17) is 4.74 Å². The van der Waals surface area contributed by atoms with Gasteiger partial charge in [-0.3, -0.25) is 4.79 Å². The van der Waals surface area contributed by atoms with Gasteiger partial charge in [0.25, 0.3) is 0 Å². The summed E-state index contributed by atoms with van der Waals surface area (Å²) in [4.78, 5) is 15.0. The molecule has 1 saturated heterocycles. The van der Waals surface area contributed by atoms with Crippen molar-refractivity contribution in [1.29, 1.82) is 0 Å². The second-order valence-electron chi connectivity index (χ2n) is 10.4. The van der Waals surface area contributed by atoms with Gasteiger partial charge >= 0.3 is 5.97 Å². The van der Waals surface area contributed by atoms with E-state index in [0.29, 0.717) is 12.3 Å². The number of piperidine rings is 1. The highest BCUT2D eigenvalue weighted by molar-refractivity contribution is 5.69. The zero-order chi connectivity index (χ0) is 22.7. The third-order valence-electron chi connectivity index (χ3n) is 7.14. The number of carbonyl (C=O) groups excluding carboxylic acids is 1. The predicted octanol–water partition coefficient (Wildman–Crippen LogP) is 8.16. The third-order valence-corrected chi connectivity index (χ3v) is 7.14. The molecule has 0 aromatic carbocycles. The molecule has 0 radical (unpaired) electrons. The van der Waals surface area contributed by atoms with Crippen LogP contribution in [0.4, 0.5) is 0 Å². The summed E-state index contributed by atoms with van der Waals surface area (Å²) < 4.78 is 6.04. The minimum Gasteiger partial charge on any atom is -0.462 e. The quantitative estimate of drug-likeness (QED) is 0.151. The van der Waals surface area contributed by atoms with Gasteiger partial charge in [0.05, 0.1) is 0 Å². The lowest BCUT2D eigenvalue weighted by atomic mass is 9.92. The van der Waals surface area contributed by atoms with E-state index < -0.39 is 0 Å². The Labute approximate surface area is 195 Å². The fourth-order valence-corrected chi connectivity index (χ4v) is 5.38. The first-order chi connectivity index (χ1) is 15.1. The number of ether oxygens (including phenoxy) is 1. The van der Waals surface area contributed by atoms with Crippen molar-refractivity contribution in [2.75, 3.05) is 20.1 Å². The average molecular weight is 438 g/mol. The Morgan fingerprint density at radius 3 is 2.06 bits per heavy atom. The summed E-state index contributed by atoms with van der Waals surface area (Å²) in [5, 5.41) is 0. The van der Waals surface area contributed by atoms with E-state index in [0.717, 1.165) is 25.3 Å². The van der Waals surface area contributed by atoms with E-state index in [1.54, 1.807) is 0 Å². The van der Waals surface area contributed by atoms with Crippen molar-refractivity contribution < 1.29 is 9.53 Å². The molecule has 2 unspecified atom stereocenters. The molecule has 2 atom stereocenters. The molecular formula is C28H55NO2. The summed E-state index contributed by atoms with van der Waals surface area (Å²) in [6.07, 6.45) is 22.4. The highest BCUT2D eigenvalue weighted by atomic mass is 16.5. The monoisotopic (exact) mass is 437 g/mol. The Morgan fingerprint density at radius 2 is 1.45 bits per heavy atom. The SMILES string of the molecule is CCCCCCCC(CCCCCC(CCC)CCC)OC(=O)CC1CCCN(C)C1. The highest BCUT2D eigenvalue weighted by Gasteiger charge is 2.22. The Kier molecular flexibility index (Phi) is 17.4. The first-order valence-electron chi connectivity index (χ1n) is 14.0. The van der Waals surface area contributed by atoms with Crippen LogP contribution in [-0.4, -0.2) is 37.1 Å². The molecule has 1 rings (SSSR count). The Bertz CT molecular complexity index is 419. The van der Waals surface area contributed by atoms with Crippen LogP contribution in [0.2, 0.25) is 0 Å². The molecule has 0 aliphatic carbocycles. The van der Waals surface area contributed by atoms with Crippen LogP contribution in [0.15, 0.2) is 0 Å². The van der Waals surface area contributed by atoms with E-state index in [1.807, 2.05) is 0 Å². The lowest BCUT2D eigenvalue weighted by molar-refractivity contribution is -0.151. The van der Waals surface area contributed by atoms with Gasteiger partial charge < -0.3 is 9.64 Å². The van der Waals surface area contributed by atoms with E-state index in [1.165, 1.54) is 103 Å². The van der Waals surface area contributed by atoms with E-state index in [-0.39, 0.29) is 12.1 Å². The molecule has 3 nitrogen and oxygen atoms in total. The topological polar surface area (TPSA) is 29.5 Å². The van der Waals surface area contributed by atoms with Crippen molar-refractivity contribution in [3.05, 3.63) is 0 Å². The van der Waals surface area contributed by atoms with Gasteiger partial charge in [0, 0.05) is 13.0 Å². The summed E-state index contributed by atoms with van der Waals surface area (Å²) in [6.45, 7) is 9.11. The smallest absolute Gasteiger partial charge is 0.306 e. The number of rotatable bonds is 19. The van der Waals surface area contributed by atoms with Gasteiger partial charge in [-0.05, 0) is 64.0 Å². The van der Waals surface area contributed by atoms with Crippen LogP contribution in [-0.2, 0) is 9.53 Å². The summed E-state index contributed by atoms with van der Waals surface area (Å²) in [7, 11) is 2.17. The maximum absolute atomic E-state index is 12.6. The maximum Gasteiger partial charge on any atom is 0.306 e. The van der Waals surface area contributed by atoms with Crippen LogP contribution >= 0.6 is 0 Å². The molecule has 1 aliphatic rings. The standard InChI is InChI=1S/C28H55NO2/c1-5-8-9-10-13-20-27(21-14-11-12-18-25(16-6-2)17-7-3)31-28(30)23-26-19-15-22-29(4)24-26/h25-27H,5-24H2,1-4H3. The Morgan fingerprint density at radius 1 is 0.839 bits per heavy atom. The van der Waals surface area contributed by atoms with E-state index in [9.17, 15) is 4.79 Å². The number of unbranched alkanes of at least 4 members (excludes halogenated alkanes) is 6. The van der Waals surface area contributed by atoms with Gasteiger partial charge in [0.2, 0.25) is 0 Å². The van der Waals surface area contributed by atoms with Crippen molar-refractivity contribution >= 4 is 5.97 Å². The molecule has 3 heteroatoms. The largest absolute Gasteiger partial charge is 0.462 e. The van der Waals surface area contributed by atoms with Gasteiger partial charge in [-0.15, -0.1) is 0 Å². The van der Waals surface area contributed by atoms with Crippen molar-refractivity contribution in [2.45, 2.75) is 142 Å². The Hall–Kier alpha value is -0.570. The number of hydrogen-bond donors (Lipinski definition) is 0. The van der Waals surface area contributed by atoms with Crippen LogP contribution in [0.1, 0.15) is 136 Å². The molecule has 0 bridgehead atoms. The molecule has 0 amide bonds. The molecule has 0 saturated carbocycles. The average Bonchev–Trinajstić information content (AvgIpc) is 2.73. The highest BCUT2D eigenvalue weighted by Crippen LogP contribution is 2.23. The molecule has 0 aromatic heterocycles. The molecule has 0 spiro atoms. The zero-order valence-electron chi connectivity index (χ0n) is 21.6. The second kappa shape index (κ2) is 18.9. The molecule has 0 N–H and O–H groups in total. The van der Waals surface area contributed by atoms with Gasteiger partial charge in [-0.25, -0.2) is 0 Å². The number of nitrogens with zero attached hydrogens (tertiary/aromatic N) is 1. The normalized spacial score (nSPS) is 18.4. The summed E-state index contributed by atoms with van der Waals surface area (Å²) in [6, 6.07) is 0. The summed E-state index contributed by atoms with van der Waals surface area (Å²) >= 11 is 0. The number of carbonyl (C=O) groups is 1. The van der Waals surface area contributed by atoms with Gasteiger partial charge in [-0.1, -0.05) is 91.4 Å². The molecule has 1 fully saturated rings. The molecule has 1 aliphatic heterocycles. The second-order valence-corrected chi connectivity index (χ2v) is 10.4. The molecule has 0 aromatic rings. The molecular weight excluding hydrogens is 382 g/mol. The molecule has 184 valence electrons. The zero-order valence-corrected chi connectivity index (χ0v) is 21.6. The lowest BCUT2D eigenvalue weighted by Crippen LogP contribution is -2.33. The number of esters is 1. The lowest BCUT2D eigenvalue weighted by Gasteiger charge is -2.29. The van der Waals surface area contributed by atoms with E-state index in [2.05, 4.69) is 32.7 Å².